The van der Waals surface area contributed by atoms with E-state index >= 15 is 0 Å². The fourth-order valence-corrected chi connectivity index (χ4v) is 2.74. The highest BCUT2D eigenvalue weighted by atomic mass is 79.9. The number of halogens is 1. The predicted molar refractivity (Wildman–Crippen MR) is 82.2 cm³/mol. The minimum Gasteiger partial charge on any atom is -0.355 e. The average Bonchev–Trinajstić information content (AvgIpc) is 2.46. The van der Waals surface area contributed by atoms with Gasteiger partial charge in [-0.15, -0.1) is 0 Å². The molecule has 0 bridgehead atoms. The zero-order valence-corrected chi connectivity index (χ0v) is 13.2. The third-order valence-electron chi connectivity index (χ3n) is 3.56. The van der Waals surface area contributed by atoms with Gasteiger partial charge in [-0.25, -0.2) is 4.79 Å². The van der Waals surface area contributed by atoms with E-state index in [4.69, 9.17) is 0 Å². The van der Waals surface area contributed by atoms with Gasteiger partial charge in [-0.05, 0) is 54.2 Å². The first kappa shape index (κ1) is 16.0. The Kier molecular flexibility index (Phi) is 5.75. The van der Waals surface area contributed by atoms with Crippen LogP contribution >= 0.6 is 15.9 Å². The van der Waals surface area contributed by atoms with Gasteiger partial charge in [0.15, 0.2) is 0 Å². The normalized spacial score (nSPS) is 18.4. The van der Waals surface area contributed by atoms with Gasteiger partial charge in [-0.2, -0.15) is 0 Å². The molecule has 116 valence electrons. The number of carbonyl (C=O) groups is 1. The van der Waals surface area contributed by atoms with Crippen LogP contribution in [0.1, 0.15) is 19.3 Å². The number of nitrogens with one attached hydrogen (secondary N) is 3. The standard InChI is InChI=1S/C13H19BrN4O3/c14-10-7-18(13(21)17-12(10)20)8-11(19)16-5-3-9-2-1-4-15-6-9/h7,9,15H,1-6,8H2,(H,16,19)(H,17,20,21). The smallest absolute Gasteiger partial charge is 0.328 e. The molecule has 1 amide bonds. The monoisotopic (exact) mass is 358 g/mol. The zero-order valence-electron chi connectivity index (χ0n) is 11.7. The van der Waals surface area contributed by atoms with Crippen LogP contribution in [0.3, 0.4) is 0 Å². The van der Waals surface area contributed by atoms with Crippen molar-refractivity contribution in [3.8, 4) is 0 Å². The predicted octanol–water partition coefficient (Wildman–Crippen LogP) is -0.195. The Bertz CT molecular complexity index is 604. The second-order valence-corrected chi connectivity index (χ2v) is 6.07. The van der Waals surface area contributed by atoms with Gasteiger partial charge in [-0.1, -0.05) is 0 Å². The molecule has 7 nitrogen and oxygen atoms in total. The summed E-state index contributed by atoms with van der Waals surface area (Å²) in [7, 11) is 0. The SMILES string of the molecule is O=C(Cn1cc(Br)c(=O)[nH]c1=O)NCCC1CCCNC1. The lowest BCUT2D eigenvalue weighted by Crippen LogP contribution is -2.37. The number of aromatic nitrogens is 2. The maximum atomic E-state index is 11.8. The van der Waals surface area contributed by atoms with Crippen molar-refractivity contribution in [2.24, 2.45) is 5.92 Å². The fraction of sp³-hybridized carbons (Fsp3) is 0.615. The summed E-state index contributed by atoms with van der Waals surface area (Å²) in [5, 5.41) is 6.14. The van der Waals surface area contributed by atoms with Crippen LogP contribution in [0.5, 0.6) is 0 Å². The molecule has 0 aromatic carbocycles. The van der Waals surface area contributed by atoms with Crippen molar-refractivity contribution in [1.29, 1.82) is 0 Å². The summed E-state index contributed by atoms with van der Waals surface area (Å²) >= 11 is 3.03. The van der Waals surface area contributed by atoms with Crippen LogP contribution in [0, 0.1) is 5.92 Å². The molecule has 0 spiro atoms. The molecule has 1 fully saturated rings. The largest absolute Gasteiger partial charge is 0.355 e. The number of hydrogen-bond donors (Lipinski definition) is 3. The molecule has 0 radical (unpaired) electrons. The number of carbonyl (C=O) groups excluding carboxylic acids is 1. The van der Waals surface area contributed by atoms with Gasteiger partial charge in [0.1, 0.15) is 6.54 Å². The Morgan fingerprint density at radius 2 is 2.29 bits per heavy atom. The topological polar surface area (TPSA) is 96.0 Å². The van der Waals surface area contributed by atoms with Crippen LogP contribution in [0.4, 0.5) is 0 Å². The molecular formula is C13H19BrN4O3. The van der Waals surface area contributed by atoms with Crippen molar-refractivity contribution in [2.45, 2.75) is 25.8 Å². The summed E-state index contributed by atoms with van der Waals surface area (Å²) < 4.78 is 1.39. The third kappa shape index (κ3) is 4.82. The van der Waals surface area contributed by atoms with E-state index in [1.807, 2.05) is 0 Å². The molecule has 0 saturated carbocycles. The molecule has 1 aliphatic heterocycles. The summed E-state index contributed by atoms with van der Waals surface area (Å²) in [4.78, 5) is 36.7. The van der Waals surface area contributed by atoms with Crippen LogP contribution in [0.2, 0.25) is 0 Å². The number of piperidine rings is 1. The van der Waals surface area contributed by atoms with Crippen molar-refractivity contribution in [1.82, 2.24) is 20.2 Å². The van der Waals surface area contributed by atoms with Crippen LogP contribution in [0.15, 0.2) is 20.3 Å². The molecule has 1 aliphatic rings. The lowest BCUT2D eigenvalue weighted by molar-refractivity contribution is -0.121. The second kappa shape index (κ2) is 7.56. The molecule has 0 aliphatic carbocycles. The molecule has 1 atom stereocenters. The van der Waals surface area contributed by atoms with Crippen LogP contribution < -0.4 is 21.9 Å². The minimum absolute atomic E-state index is 0.100. The zero-order chi connectivity index (χ0) is 15.2. The highest BCUT2D eigenvalue weighted by Gasteiger charge is 2.13. The molecule has 2 rings (SSSR count). The van der Waals surface area contributed by atoms with Gasteiger partial charge in [-0.3, -0.25) is 19.1 Å². The molecule has 21 heavy (non-hydrogen) atoms. The highest BCUT2D eigenvalue weighted by Crippen LogP contribution is 2.12. The van der Waals surface area contributed by atoms with Crippen molar-refractivity contribution >= 4 is 21.8 Å². The molecule has 8 heteroatoms. The molecular weight excluding hydrogens is 340 g/mol. The van der Waals surface area contributed by atoms with Crippen LogP contribution in [-0.2, 0) is 11.3 Å². The van der Waals surface area contributed by atoms with Gasteiger partial charge < -0.3 is 10.6 Å². The number of nitrogens with zero attached hydrogens (tertiary/aromatic N) is 1. The Labute approximate surface area is 130 Å². The van der Waals surface area contributed by atoms with E-state index in [0.717, 1.165) is 19.5 Å². The van der Waals surface area contributed by atoms with Crippen molar-refractivity contribution in [2.75, 3.05) is 19.6 Å². The van der Waals surface area contributed by atoms with E-state index in [0.29, 0.717) is 12.5 Å². The summed E-state index contributed by atoms with van der Waals surface area (Å²) in [5.74, 6) is 0.365. The molecule has 1 aromatic heterocycles. The lowest BCUT2D eigenvalue weighted by Gasteiger charge is -2.22. The van der Waals surface area contributed by atoms with Gasteiger partial charge in [0, 0.05) is 12.7 Å². The van der Waals surface area contributed by atoms with E-state index < -0.39 is 11.2 Å². The van der Waals surface area contributed by atoms with Gasteiger partial charge >= 0.3 is 5.69 Å². The minimum atomic E-state index is -0.588. The van der Waals surface area contributed by atoms with Gasteiger partial charge in [0.25, 0.3) is 5.56 Å². The summed E-state index contributed by atoms with van der Waals surface area (Å²) in [5.41, 5.74) is -1.09. The van der Waals surface area contributed by atoms with E-state index in [9.17, 15) is 14.4 Å². The molecule has 1 aromatic rings. The third-order valence-corrected chi connectivity index (χ3v) is 4.12. The summed E-state index contributed by atoms with van der Waals surface area (Å²) in [6.07, 6.45) is 4.63. The Balaban J connectivity index is 1.80. The van der Waals surface area contributed by atoms with Crippen molar-refractivity contribution in [3.63, 3.8) is 0 Å². The van der Waals surface area contributed by atoms with E-state index in [1.165, 1.54) is 23.6 Å². The number of rotatable bonds is 5. The number of H-pyrrole nitrogens is 1. The van der Waals surface area contributed by atoms with Gasteiger partial charge in [0.05, 0.1) is 4.47 Å². The van der Waals surface area contributed by atoms with Crippen LogP contribution in [0.25, 0.3) is 0 Å². The quantitative estimate of drug-likeness (QED) is 0.679. The number of amides is 1. The first-order valence-corrected chi connectivity index (χ1v) is 7.82. The second-order valence-electron chi connectivity index (χ2n) is 5.22. The van der Waals surface area contributed by atoms with Gasteiger partial charge in [0.2, 0.25) is 5.91 Å². The Morgan fingerprint density at radius 3 is 3.00 bits per heavy atom. The molecule has 1 saturated heterocycles. The maximum absolute atomic E-state index is 11.8. The first-order valence-electron chi connectivity index (χ1n) is 7.03. The van der Waals surface area contributed by atoms with E-state index in [2.05, 4.69) is 31.5 Å². The maximum Gasteiger partial charge on any atom is 0.328 e. The first-order chi connectivity index (χ1) is 10.1. The average molecular weight is 359 g/mol. The van der Waals surface area contributed by atoms with Crippen molar-refractivity contribution < 1.29 is 4.79 Å². The van der Waals surface area contributed by atoms with Crippen molar-refractivity contribution in [3.05, 3.63) is 31.5 Å². The molecule has 3 N–H and O–H groups in total. The Morgan fingerprint density at radius 1 is 1.48 bits per heavy atom. The van der Waals surface area contributed by atoms with E-state index in [-0.39, 0.29) is 16.9 Å². The molecule has 2 heterocycles. The highest BCUT2D eigenvalue weighted by molar-refractivity contribution is 9.10. The van der Waals surface area contributed by atoms with E-state index in [1.54, 1.807) is 0 Å². The lowest BCUT2D eigenvalue weighted by atomic mass is 9.96. The number of hydrogen-bond acceptors (Lipinski definition) is 4. The fourth-order valence-electron chi connectivity index (χ4n) is 2.40. The molecule has 1 unspecified atom stereocenters. The summed E-state index contributed by atoms with van der Waals surface area (Å²) in [6.45, 7) is 2.58. The van der Waals surface area contributed by atoms with Crippen LogP contribution in [-0.4, -0.2) is 35.1 Å². The summed E-state index contributed by atoms with van der Waals surface area (Å²) in [6, 6.07) is 0. The number of aromatic amines is 1. The Hall–Kier alpha value is -1.41.